The number of aliphatic hydroxyl groups excluding tert-OH is 1. The summed E-state index contributed by atoms with van der Waals surface area (Å²) in [4.78, 5) is 12.0. The monoisotopic (exact) mass is 337 g/mol. The van der Waals surface area contributed by atoms with Crippen molar-refractivity contribution in [3.63, 3.8) is 0 Å². The molecule has 0 unspecified atom stereocenters. The Labute approximate surface area is 139 Å². The minimum absolute atomic E-state index is 0.0768. The second-order valence-corrected chi connectivity index (χ2v) is 5.61. The van der Waals surface area contributed by atoms with Crippen LogP contribution in [0.2, 0.25) is 5.02 Å². The normalized spacial score (nSPS) is 12.0. The van der Waals surface area contributed by atoms with Crippen LogP contribution in [-0.2, 0) is 6.42 Å². The van der Waals surface area contributed by atoms with Gasteiger partial charge in [0.1, 0.15) is 18.5 Å². The van der Waals surface area contributed by atoms with Gasteiger partial charge in [0.05, 0.1) is 11.8 Å². The van der Waals surface area contributed by atoms with Crippen molar-refractivity contribution >= 4 is 17.5 Å². The third kappa shape index (κ3) is 4.71. The predicted molar refractivity (Wildman–Crippen MR) is 88.0 cm³/mol. The number of hydrogen-bond acceptors (Lipinski definition) is 4. The number of ether oxygens (including phenoxy) is 1. The summed E-state index contributed by atoms with van der Waals surface area (Å²) < 4.78 is 5.49. The first-order valence-corrected chi connectivity index (χ1v) is 7.76. The fourth-order valence-corrected chi connectivity index (χ4v) is 2.16. The van der Waals surface area contributed by atoms with Crippen LogP contribution < -0.4 is 10.1 Å². The van der Waals surface area contributed by atoms with Crippen LogP contribution in [0.25, 0.3) is 0 Å². The average molecular weight is 338 g/mol. The SMILES string of the molecule is CCc1[nH]ncc1C(=O)NC[C@@H](O)COc1ccc(Cl)c(C)c1. The van der Waals surface area contributed by atoms with E-state index in [0.29, 0.717) is 22.8 Å². The first kappa shape index (κ1) is 17.3. The summed E-state index contributed by atoms with van der Waals surface area (Å²) in [5, 5.41) is 19.9. The van der Waals surface area contributed by atoms with Gasteiger partial charge in [-0.2, -0.15) is 5.10 Å². The number of carbonyl (C=O) groups excluding carboxylic acids is 1. The van der Waals surface area contributed by atoms with Crippen molar-refractivity contribution in [3.05, 3.63) is 46.2 Å². The third-order valence-corrected chi connectivity index (χ3v) is 3.81. The lowest BCUT2D eigenvalue weighted by molar-refractivity contribution is 0.0843. The molecule has 0 fully saturated rings. The molecule has 0 radical (unpaired) electrons. The summed E-state index contributed by atoms with van der Waals surface area (Å²) in [7, 11) is 0. The summed E-state index contributed by atoms with van der Waals surface area (Å²) >= 11 is 5.94. The summed E-state index contributed by atoms with van der Waals surface area (Å²) in [6.07, 6.45) is 1.35. The minimum Gasteiger partial charge on any atom is -0.491 e. The lowest BCUT2D eigenvalue weighted by Gasteiger charge is -2.14. The number of nitrogens with one attached hydrogen (secondary N) is 2. The Hall–Kier alpha value is -2.05. The van der Waals surface area contributed by atoms with Gasteiger partial charge in [-0.3, -0.25) is 9.89 Å². The molecule has 1 heterocycles. The van der Waals surface area contributed by atoms with Crippen molar-refractivity contribution in [2.75, 3.05) is 13.2 Å². The second-order valence-electron chi connectivity index (χ2n) is 5.20. The van der Waals surface area contributed by atoms with Crippen LogP contribution in [0.3, 0.4) is 0 Å². The highest BCUT2D eigenvalue weighted by atomic mass is 35.5. The number of carbonyl (C=O) groups is 1. The van der Waals surface area contributed by atoms with E-state index < -0.39 is 6.10 Å². The number of nitrogens with zero attached hydrogens (tertiary/aromatic N) is 1. The number of aromatic amines is 1. The van der Waals surface area contributed by atoms with E-state index >= 15 is 0 Å². The molecule has 2 rings (SSSR count). The van der Waals surface area contributed by atoms with E-state index in [-0.39, 0.29) is 19.1 Å². The Morgan fingerprint density at radius 3 is 3.00 bits per heavy atom. The Bertz CT molecular complexity index is 672. The molecule has 0 saturated carbocycles. The van der Waals surface area contributed by atoms with Gasteiger partial charge in [0.15, 0.2) is 0 Å². The summed E-state index contributed by atoms with van der Waals surface area (Å²) in [5.74, 6) is 0.359. The minimum atomic E-state index is -0.813. The van der Waals surface area contributed by atoms with Gasteiger partial charge in [-0.1, -0.05) is 18.5 Å². The van der Waals surface area contributed by atoms with Crippen molar-refractivity contribution in [2.24, 2.45) is 0 Å². The largest absolute Gasteiger partial charge is 0.491 e. The topological polar surface area (TPSA) is 87.2 Å². The molecular weight excluding hydrogens is 318 g/mol. The molecule has 23 heavy (non-hydrogen) atoms. The van der Waals surface area contributed by atoms with E-state index in [9.17, 15) is 9.90 Å². The van der Waals surface area contributed by atoms with Gasteiger partial charge in [-0.25, -0.2) is 0 Å². The highest BCUT2D eigenvalue weighted by molar-refractivity contribution is 6.31. The molecule has 3 N–H and O–H groups in total. The average Bonchev–Trinajstić information content (AvgIpc) is 3.02. The number of aliphatic hydroxyl groups is 1. The maximum absolute atomic E-state index is 12.0. The Balaban J connectivity index is 1.79. The molecule has 1 aromatic carbocycles. The Morgan fingerprint density at radius 2 is 2.30 bits per heavy atom. The van der Waals surface area contributed by atoms with Crippen LogP contribution in [-0.4, -0.2) is 40.5 Å². The van der Waals surface area contributed by atoms with Crippen LogP contribution >= 0.6 is 11.6 Å². The van der Waals surface area contributed by atoms with Crippen LogP contribution in [0, 0.1) is 6.92 Å². The maximum atomic E-state index is 12.0. The van der Waals surface area contributed by atoms with Gasteiger partial charge in [0.25, 0.3) is 5.91 Å². The summed E-state index contributed by atoms with van der Waals surface area (Å²) in [5.41, 5.74) is 2.16. The molecule has 0 aliphatic heterocycles. The molecule has 0 saturated heterocycles. The number of rotatable bonds is 7. The van der Waals surface area contributed by atoms with Gasteiger partial charge >= 0.3 is 0 Å². The third-order valence-electron chi connectivity index (χ3n) is 3.39. The van der Waals surface area contributed by atoms with Crippen molar-refractivity contribution in [2.45, 2.75) is 26.4 Å². The zero-order chi connectivity index (χ0) is 16.8. The first-order chi connectivity index (χ1) is 11.0. The van der Waals surface area contributed by atoms with Gasteiger partial charge in [-0.15, -0.1) is 0 Å². The van der Waals surface area contributed by atoms with E-state index in [4.69, 9.17) is 16.3 Å². The summed E-state index contributed by atoms with van der Waals surface area (Å²) in [6.45, 7) is 3.98. The lowest BCUT2D eigenvalue weighted by atomic mass is 10.2. The van der Waals surface area contributed by atoms with Gasteiger partial charge in [-0.05, 0) is 37.1 Å². The molecule has 1 aromatic heterocycles. The number of halogens is 1. The second kappa shape index (κ2) is 7.99. The number of aryl methyl sites for hydroxylation is 2. The van der Waals surface area contributed by atoms with Crippen molar-refractivity contribution < 1.29 is 14.6 Å². The molecular formula is C16H20ClN3O3. The molecule has 7 heteroatoms. The molecule has 2 aromatic rings. The van der Waals surface area contributed by atoms with Crippen LogP contribution in [0.5, 0.6) is 5.75 Å². The van der Waals surface area contributed by atoms with Crippen molar-refractivity contribution in [1.82, 2.24) is 15.5 Å². The standard InChI is InChI=1S/C16H20ClN3O3/c1-3-15-13(8-19-20-15)16(22)18-7-11(21)9-23-12-4-5-14(17)10(2)6-12/h4-6,8,11,21H,3,7,9H2,1-2H3,(H,18,22)(H,19,20)/t11-/m1/s1. The highest BCUT2D eigenvalue weighted by Crippen LogP contribution is 2.21. The van der Waals surface area contributed by atoms with E-state index in [0.717, 1.165) is 11.3 Å². The van der Waals surface area contributed by atoms with Gasteiger partial charge in [0.2, 0.25) is 0 Å². The fraction of sp³-hybridized carbons (Fsp3) is 0.375. The quantitative estimate of drug-likeness (QED) is 0.722. The first-order valence-electron chi connectivity index (χ1n) is 7.38. The molecule has 1 amide bonds. The predicted octanol–water partition coefficient (Wildman–Crippen LogP) is 2.10. The fourth-order valence-electron chi connectivity index (χ4n) is 2.04. The van der Waals surface area contributed by atoms with Crippen molar-refractivity contribution in [1.29, 1.82) is 0 Å². The molecule has 0 spiro atoms. The smallest absolute Gasteiger partial charge is 0.254 e. The van der Waals surface area contributed by atoms with Gasteiger partial charge in [0, 0.05) is 17.3 Å². The van der Waals surface area contributed by atoms with Crippen LogP contribution in [0.4, 0.5) is 0 Å². The number of amides is 1. The summed E-state index contributed by atoms with van der Waals surface area (Å²) in [6, 6.07) is 5.28. The number of hydrogen-bond donors (Lipinski definition) is 3. The Kier molecular flexibility index (Phi) is 6.01. The van der Waals surface area contributed by atoms with E-state index in [2.05, 4.69) is 15.5 Å². The number of H-pyrrole nitrogens is 1. The number of aromatic nitrogens is 2. The van der Waals surface area contributed by atoms with E-state index in [1.165, 1.54) is 6.20 Å². The van der Waals surface area contributed by atoms with Gasteiger partial charge < -0.3 is 15.2 Å². The van der Waals surface area contributed by atoms with Crippen molar-refractivity contribution in [3.8, 4) is 5.75 Å². The maximum Gasteiger partial charge on any atom is 0.254 e. The molecule has 1 atom stereocenters. The highest BCUT2D eigenvalue weighted by Gasteiger charge is 2.14. The number of benzene rings is 1. The van der Waals surface area contributed by atoms with Crippen LogP contribution in [0.15, 0.2) is 24.4 Å². The van der Waals surface area contributed by atoms with E-state index in [1.807, 2.05) is 13.8 Å². The lowest BCUT2D eigenvalue weighted by Crippen LogP contribution is -2.35. The molecule has 6 nitrogen and oxygen atoms in total. The Morgan fingerprint density at radius 1 is 1.52 bits per heavy atom. The van der Waals surface area contributed by atoms with Crippen LogP contribution in [0.1, 0.15) is 28.5 Å². The van der Waals surface area contributed by atoms with E-state index in [1.54, 1.807) is 18.2 Å². The molecule has 124 valence electrons. The molecule has 0 bridgehead atoms. The zero-order valence-electron chi connectivity index (χ0n) is 13.1. The molecule has 0 aliphatic rings. The molecule has 0 aliphatic carbocycles. The zero-order valence-corrected chi connectivity index (χ0v) is 13.9.